The molecule has 0 saturated heterocycles. The summed E-state index contributed by atoms with van der Waals surface area (Å²) in [5.41, 5.74) is 6.80. The minimum atomic E-state index is -0.865. The first-order valence-corrected chi connectivity index (χ1v) is 7.38. The van der Waals surface area contributed by atoms with Crippen LogP contribution in [0.5, 0.6) is 0 Å². The third kappa shape index (κ3) is 3.82. The number of carboxylic acids is 1. The maximum absolute atomic E-state index is 12.5. The van der Waals surface area contributed by atoms with Gasteiger partial charge in [0.05, 0.1) is 11.8 Å². The second kappa shape index (κ2) is 6.72. The summed E-state index contributed by atoms with van der Waals surface area (Å²) in [7, 11) is 0. The highest BCUT2D eigenvalue weighted by molar-refractivity contribution is 5.95. The van der Waals surface area contributed by atoms with Gasteiger partial charge < -0.3 is 16.2 Å². The van der Waals surface area contributed by atoms with Gasteiger partial charge in [0.1, 0.15) is 0 Å². The first kappa shape index (κ1) is 15.5. The molecule has 5 heteroatoms. The molecule has 2 rings (SSSR count). The number of amides is 1. The monoisotopic (exact) mass is 290 g/mol. The molecule has 5 nitrogen and oxygen atoms in total. The van der Waals surface area contributed by atoms with Gasteiger partial charge in [-0.05, 0) is 30.5 Å². The van der Waals surface area contributed by atoms with Crippen molar-refractivity contribution in [3.8, 4) is 0 Å². The van der Waals surface area contributed by atoms with Crippen molar-refractivity contribution in [2.24, 2.45) is 11.1 Å². The number of aliphatic carboxylic acids is 1. The minimum Gasteiger partial charge on any atom is -0.481 e. The average Bonchev–Trinajstić information content (AvgIpc) is 2.49. The lowest BCUT2D eigenvalue weighted by Crippen LogP contribution is -2.43. The SMILES string of the molecule is NCC1(C(=O)Nc2ccc(CC(=O)O)cc2)CCCCC1. The van der Waals surface area contributed by atoms with Crippen LogP contribution in [0.25, 0.3) is 0 Å². The molecule has 0 spiro atoms. The van der Waals surface area contributed by atoms with E-state index in [9.17, 15) is 9.59 Å². The lowest BCUT2D eigenvalue weighted by molar-refractivity contribution is -0.136. The van der Waals surface area contributed by atoms with Crippen molar-refractivity contribution in [2.45, 2.75) is 38.5 Å². The van der Waals surface area contributed by atoms with E-state index in [0.717, 1.165) is 25.7 Å². The highest BCUT2D eigenvalue weighted by Crippen LogP contribution is 2.36. The number of nitrogens with one attached hydrogen (secondary N) is 1. The zero-order chi connectivity index (χ0) is 15.3. The molecule has 0 aromatic heterocycles. The van der Waals surface area contributed by atoms with Crippen LogP contribution in [-0.4, -0.2) is 23.5 Å². The highest BCUT2D eigenvalue weighted by atomic mass is 16.4. The van der Waals surface area contributed by atoms with E-state index < -0.39 is 11.4 Å². The van der Waals surface area contributed by atoms with Gasteiger partial charge in [-0.1, -0.05) is 31.4 Å². The van der Waals surface area contributed by atoms with Gasteiger partial charge >= 0.3 is 5.97 Å². The molecule has 0 radical (unpaired) electrons. The van der Waals surface area contributed by atoms with E-state index in [4.69, 9.17) is 10.8 Å². The summed E-state index contributed by atoms with van der Waals surface area (Å²) >= 11 is 0. The van der Waals surface area contributed by atoms with Crippen LogP contribution < -0.4 is 11.1 Å². The Morgan fingerprint density at radius 1 is 1.14 bits per heavy atom. The Balaban J connectivity index is 2.03. The number of anilines is 1. The van der Waals surface area contributed by atoms with Crippen LogP contribution in [0.3, 0.4) is 0 Å². The van der Waals surface area contributed by atoms with Gasteiger partial charge in [-0.3, -0.25) is 9.59 Å². The normalized spacial score (nSPS) is 17.2. The predicted molar refractivity (Wildman–Crippen MR) is 81.0 cm³/mol. The molecule has 0 aliphatic heterocycles. The fraction of sp³-hybridized carbons (Fsp3) is 0.500. The second-order valence-corrected chi connectivity index (χ2v) is 5.77. The van der Waals surface area contributed by atoms with Crippen LogP contribution in [0.2, 0.25) is 0 Å². The van der Waals surface area contributed by atoms with E-state index in [2.05, 4.69) is 5.32 Å². The first-order chi connectivity index (χ1) is 10.1. The summed E-state index contributed by atoms with van der Waals surface area (Å²) < 4.78 is 0. The summed E-state index contributed by atoms with van der Waals surface area (Å²) in [6, 6.07) is 6.92. The van der Waals surface area contributed by atoms with Crippen LogP contribution in [0.4, 0.5) is 5.69 Å². The Hall–Kier alpha value is -1.88. The van der Waals surface area contributed by atoms with Crippen LogP contribution >= 0.6 is 0 Å². The van der Waals surface area contributed by atoms with Gasteiger partial charge in [0.15, 0.2) is 0 Å². The summed E-state index contributed by atoms with van der Waals surface area (Å²) in [4.78, 5) is 23.1. The Labute approximate surface area is 124 Å². The summed E-state index contributed by atoms with van der Waals surface area (Å²) in [5, 5.41) is 11.7. The highest BCUT2D eigenvalue weighted by Gasteiger charge is 2.38. The molecule has 21 heavy (non-hydrogen) atoms. The van der Waals surface area contributed by atoms with E-state index >= 15 is 0 Å². The average molecular weight is 290 g/mol. The third-order valence-corrected chi connectivity index (χ3v) is 4.25. The van der Waals surface area contributed by atoms with Gasteiger partial charge in [-0.2, -0.15) is 0 Å². The van der Waals surface area contributed by atoms with Crippen LogP contribution in [-0.2, 0) is 16.0 Å². The van der Waals surface area contributed by atoms with E-state index in [1.54, 1.807) is 24.3 Å². The maximum atomic E-state index is 12.5. The smallest absolute Gasteiger partial charge is 0.307 e. The summed E-state index contributed by atoms with van der Waals surface area (Å²) in [5.74, 6) is -0.883. The fourth-order valence-electron chi connectivity index (χ4n) is 2.90. The van der Waals surface area contributed by atoms with Crippen LogP contribution in [0, 0.1) is 5.41 Å². The van der Waals surface area contributed by atoms with Gasteiger partial charge in [-0.25, -0.2) is 0 Å². The number of carbonyl (C=O) groups is 2. The van der Waals surface area contributed by atoms with E-state index in [-0.39, 0.29) is 12.3 Å². The van der Waals surface area contributed by atoms with Crippen molar-refractivity contribution in [2.75, 3.05) is 11.9 Å². The van der Waals surface area contributed by atoms with E-state index in [1.807, 2.05) is 0 Å². The molecular weight excluding hydrogens is 268 g/mol. The lowest BCUT2D eigenvalue weighted by atomic mass is 9.73. The van der Waals surface area contributed by atoms with E-state index in [1.165, 1.54) is 6.42 Å². The first-order valence-electron chi connectivity index (χ1n) is 7.38. The molecule has 0 bridgehead atoms. The number of hydrogen-bond donors (Lipinski definition) is 3. The Bertz CT molecular complexity index is 505. The minimum absolute atomic E-state index is 0.0129. The number of rotatable bonds is 5. The topological polar surface area (TPSA) is 92.4 Å². The van der Waals surface area contributed by atoms with Crippen molar-refractivity contribution in [1.29, 1.82) is 0 Å². The van der Waals surface area contributed by atoms with Crippen molar-refractivity contribution >= 4 is 17.6 Å². The number of carbonyl (C=O) groups excluding carboxylic acids is 1. The Morgan fingerprint density at radius 2 is 1.76 bits per heavy atom. The van der Waals surface area contributed by atoms with Crippen molar-refractivity contribution < 1.29 is 14.7 Å². The molecule has 0 unspecified atom stereocenters. The molecule has 0 heterocycles. The standard InChI is InChI=1S/C16H22N2O3/c17-11-16(8-2-1-3-9-16)15(21)18-13-6-4-12(5-7-13)10-14(19)20/h4-7H,1-3,8-11,17H2,(H,18,21)(H,19,20). The Morgan fingerprint density at radius 3 is 2.29 bits per heavy atom. The van der Waals surface area contributed by atoms with Crippen molar-refractivity contribution in [1.82, 2.24) is 0 Å². The van der Waals surface area contributed by atoms with Crippen molar-refractivity contribution in [3.05, 3.63) is 29.8 Å². The van der Waals surface area contributed by atoms with Crippen LogP contribution in [0.15, 0.2) is 24.3 Å². The van der Waals surface area contributed by atoms with Crippen LogP contribution in [0.1, 0.15) is 37.7 Å². The zero-order valence-electron chi connectivity index (χ0n) is 12.1. The molecule has 0 atom stereocenters. The number of hydrogen-bond acceptors (Lipinski definition) is 3. The van der Waals surface area contributed by atoms with Crippen molar-refractivity contribution in [3.63, 3.8) is 0 Å². The largest absolute Gasteiger partial charge is 0.481 e. The number of nitrogens with two attached hydrogens (primary N) is 1. The molecule has 1 amide bonds. The maximum Gasteiger partial charge on any atom is 0.307 e. The number of benzene rings is 1. The Kier molecular flexibility index (Phi) is 4.96. The molecular formula is C16H22N2O3. The molecule has 1 saturated carbocycles. The van der Waals surface area contributed by atoms with Gasteiger partial charge in [0, 0.05) is 12.2 Å². The molecule has 1 aromatic carbocycles. The third-order valence-electron chi connectivity index (χ3n) is 4.25. The molecule has 1 aliphatic rings. The number of carboxylic acid groups (broad SMARTS) is 1. The second-order valence-electron chi connectivity index (χ2n) is 5.77. The molecule has 1 aromatic rings. The summed E-state index contributed by atoms with van der Waals surface area (Å²) in [6.45, 7) is 0.371. The molecule has 4 N–H and O–H groups in total. The molecule has 1 aliphatic carbocycles. The quantitative estimate of drug-likeness (QED) is 0.774. The lowest BCUT2D eigenvalue weighted by Gasteiger charge is -2.34. The fourth-order valence-corrected chi connectivity index (χ4v) is 2.90. The van der Waals surface area contributed by atoms with E-state index in [0.29, 0.717) is 17.8 Å². The summed E-state index contributed by atoms with van der Waals surface area (Å²) in [6.07, 6.45) is 4.92. The molecule has 114 valence electrons. The van der Waals surface area contributed by atoms with Gasteiger partial charge in [0.2, 0.25) is 5.91 Å². The van der Waals surface area contributed by atoms with Gasteiger partial charge in [0.25, 0.3) is 0 Å². The van der Waals surface area contributed by atoms with Gasteiger partial charge in [-0.15, -0.1) is 0 Å². The molecule has 1 fully saturated rings. The zero-order valence-corrected chi connectivity index (χ0v) is 12.1. The predicted octanol–water partition coefficient (Wildman–Crippen LogP) is 2.16.